The predicted molar refractivity (Wildman–Crippen MR) is 121 cm³/mol. The lowest BCUT2D eigenvalue weighted by atomic mass is 9.98. The van der Waals surface area contributed by atoms with Gasteiger partial charge in [0.05, 0.1) is 23.3 Å². The molecule has 6 heteroatoms. The van der Waals surface area contributed by atoms with Crippen molar-refractivity contribution >= 4 is 28.3 Å². The summed E-state index contributed by atoms with van der Waals surface area (Å²) in [4.78, 5) is 30.6. The molecule has 1 unspecified atom stereocenters. The number of carbonyl (C=O) groups excluding carboxylic acids is 1. The van der Waals surface area contributed by atoms with Crippen LogP contribution in [0.4, 0.5) is 0 Å². The third-order valence-electron chi connectivity index (χ3n) is 5.12. The van der Waals surface area contributed by atoms with Crippen LogP contribution in [0.5, 0.6) is 0 Å². The molecule has 1 amide bonds. The molecule has 4 aromatic rings. The van der Waals surface area contributed by atoms with Gasteiger partial charge in [-0.05, 0) is 40.6 Å². The Morgan fingerprint density at radius 2 is 1.77 bits per heavy atom. The minimum atomic E-state index is -0.294. The van der Waals surface area contributed by atoms with Gasteiger partial charge in [0.1, 0.15) is 6.54 Å². The number of nitrogens with zero attached hydrogens (tertiary/aromatic N) is 2. The number of hydrogen-bond donors (Lipinski definition) is 1. The van der Waals surface area contributed by atoms with Crippen LogP contribution in [0.2, 0.25) is 0 Å². The van der Waals surface area contributed by atoms with Gasteiger partial charge in [0.2, 0.25) is 5.91 Å². The highest BCUT2D eigenvalue weighted by atomic mass is 32.1. The van der Waals surface area contributed by atoms with Crippen LogP contribution >= 0.6 is 11.3 Å². The molecule has 30 heavy (non-hydrogen) atoms. The number of para-hydroxylation sites is 2. The van der Waals surface area contributed by atoms with Gasteiger partial charge in [0.25, 0.3) is 5.56 Å². The molecule has 0 saturated carbocycles. The van der Waals surface area contributed by atoms with E-state index in [0.29, 0.717) is 17.0 Å². The largest absolute Gasteiger partial charge is 0.343 e. The summed E-state index contributed by atoms with van der Waals surface area (Å²) in [7, 11) is 0. The zero-order valence-electron chi connectivity index (χ0n) is 16.9. The maximum absolute atomic E-state index is 13.0. The molecule has 0 aliphatic heterocycles. The second-order valence-corrected chi connectivity index (χ2v) is 8.49. The highest BCUT2D eigenvalue weighted by Gasteiger charge is 2.19. The monoisotopic (exact) mass is 417 g/mol. The molecule has 0 radical (unpaired) electrons. The molecule has 0 spiro atoms. The van der Waals surface area contributed by atoms with E-state index in [0.717, 1.165) is 10.4 Å². The predicted octanol–water partition coefficient (Wildman–Crippen LogP) is 4.49. The Bertz CT molecular complexity index is 1210. The van der Waals surface area contributed by atoms with E-state index in [1.807, 2.05) is 35.7 Å². The number of aromatic nitrogens is 2. The second-order valence-electron chi connectivity index (χ2n) is 7.51. The van der Waals surface area contributed by atoms with Gasteiger partial charge < -0.3 is 5.32 Å². The van der Waals surface area contributed by atoms with Gasteiger partial charge in [-0.3, -0.25) is 14.2 Å². The summed E-state index contributed by atoms with van der Waals surface area (Å²) in [6.45, 7) is 4.25. The summed E-state index contributed by atoms with van der Waals surface area (Å²) in [5, 5.41) is 5.11. The Kier molecular flexibility index (Phi) is 5.77. The number of hydrogen-bond acceptors (Lipinski definition) is 4. The molecule has 1 atom stereocenters. The van der Waals surface area contributed by atoms with E-state index in [4.69, 9.17) is 0 Å². The molecule has 0 saturated heterocycles. The number of amides is 1. The average Bonchev–Trinajstić information content (AvgIpc) is 3.29. The van der Waals surface area contributed by atoms with Crippen molar-refractivity contribution in [3.8, 4) is 0 Å². The van der Waals surface area contributed by atoms with Crippen molar-refractivity contribution < 1.29 is 4.79 Å². The van der Waals surface area contributed by atoms with Crippen LogP contribution in [0, 0.1) is 0 Å². The van der Waals surface area contributed by atoms with Gasteiger partial charge in [-0.1, -0.05) is 56.3 Å². The molecule has 0 aliphatic rings. The zero-order chi connectivity index (χ0) is 21.1. The van der Waals surface area contributed by atoms with Crippen molar-refractivity contribution in [2.75, 3.05) is 0 Å². The van der Waals surface area contributed by atoms with Gasteiger partial charge in [-0.25, -0.2) is 4.98 Å². The molecule has 4 rings (SSSR count). The van der Waals surface area contributed by atoms with Crippen molar-refractivity contribution in [3.05, 3.63) is 98.6 Å². The fraction of sp³-hybridized carbons (Fsp3) is 0.208. The third-order valence-corrected chi connectivity index (χ3v) is 6.06. The normalized spacial score (nSPS) is 12.2. The van der Waals surface area contributed by atoms with Crippen LogP contribution in [0.25, 0.3) is 11.0 Å². The quantitative estimate of drug-likeness (QED) is 0.503. The van der Waals surface area contributed by atoms with E-state index in [2.05, 4.69) is 48.4 Å². The maximum atomic E-state index is 13.0. The van der Waals surface area contributed by atoms with Crippen molar-refractivity contribution in [1.82, 2.24) is 14.9 Å². The van der Waals surface area contributed by atoms with Crippen LogP contribution in [0.15, 0.2) is 77.0 Å². The second kappa shape index (κ2) is 8.63. The highest BCUT2D eigenvalue weighted by molar-refractivity contribution is 7.10. The summed E-state index contributed by atoms with van der Waals surface area (Å²) in [6, 6.07) is 19.4. The number of fused-ring (bicyclic) bond motifs is 1. The third kappa shape index (κ3) is 4.19. The van der Waals surface area contributed by atoms with Crippen LogP contribution in [-0.2, 0) is 11.3 Å². The first-order valence-corrected chi connectivity index (χ1v) is 10.8. The van der Waals surface area contributed by atoms with E-state index < -0.39 is 0 Å². The Hall–Kier alpha value is -3.25. The summed E-state index contributed by atoms with van der Waals surface area (Å²) in [5.41, 5.74) is 3.31. The molecule has 2 aromatic carbocycles. The van der Waals surface area contributed by atoms with Crippen molar-refractivity contribution in [2.45, 2.75) is 32.4 Å². The van der Waals surface area contributed by atoms with E-state index in [1.165, 1.54) is 16.3 Å². The Morgan fingerprint density at radius 3 is 2.47 bits per heavy atom. The Morgan fingerprint density at radius 1 is 1.03 bits per heavy atom. The molecule has 0 fully saturated rings. The first-order chi connectivity index (χ1) is 14.5. The molecule has 152 valence electrons. The SMILES string of the molecule is CC(C)c1ccc(C(NC(=O)Cn2c(=O)cnc3ccccc32)c2cccs2)cc1. The van der Waals surface area contributed by atoms with Crippen molar-refractivity contribution in [1.29, 1.82) is 0 Å². The molecule has 2 heterocycles. The number of nitrogens with one attached hydrogen (secondary N) is 1. The summed E-state index contributed by atoms with van der Waals surface area (Å²) in [6.07, 6.45) is 1.26. The smallest absolute Gasteiger partial charge is 0.269 e. The van der Waals surface area contributed by atoms with Gasteiger partial charge in [-0.2, -0.15) is 0 Å². The lowest BCUT2D eigenvalue weighted by Gasteiger charge is -2.20. The van der Waals surface area contributed by atoms with Gasteiger partial charge in [0.15, 0.2) is 0 Å². The summed E-state index contributed by atoms with van der Waals surface area (Å²) >= 11 is 1.60. The fourth-order valence-electron chi connectivity index (χ4n) is 3.48. The Balaban J connectivity index is 1.62. The number of benzene rings is 2. The van der Waals surface area contributed by atoms with E-state index in [1.54, 1.807) is 17.4 Å². The molecule has 0 aliphatic carbocycles. The van der Waals surface area contributed by atoms with E-state index in [9.17, 15) is 9.59 Å². The van der Waals surface area contributed by atoms with Gasteiger partial charge >= 0.3 is 0 Å². The molecule has 0 bridgehead atoms. The number of carbonyl (C=O) groups is 1. The topological polar surface area (TPSA) is 64.0 Å². The standard InChI is InChI=1S/C24H23N3O2S/c1-16(2)17-9-11-18(12-10-17)24(21-8-5-13-30-21)26-22(28)15-27-20-7-4-3-6-19(20)25-14-23(27)29/h3-14,16,24H,15H2,1-2H3,(H,26,28). The van der Waals surface area contributed by atoms with Crippen LogP contribution < -0.4 is 10.9 Å². The lowest BCUT2D eigenvalue weighted by Crippen LogP contribution is -2.35. The van der Waals surface area contributed by atoms with Gasteiger partial charge in [-0.15, -0.1) is 11.3 Å². The highest BCUT2D eigenvalue weighted by Crippen LogP contribution is 2.27. The van der Waals surface area contributed by atoms with Crippen LogP contribution in [0.1, 0.15) is 41.8 Å². The fourth-order valence-corrected chi connectivity index (χ4v) is 4.28. The average molecular weight is 418 g/mol. The van der Waals surface area contributed by atoms with E-state index in [-0.39, 0.29) is 24.1 Å². The van der Waals surface area contributed by atoms with Crippen LogP contribution in [0.3, 0.4) is 0 Å². The summed E-state index contributed by atoms with van der Waals surface area (Å²) in [5.74, 6) is 0.223. The van der Waals surface area contributed by atoms with Crippen LogP contribution in [-0.4, -0.2) is 15.5 Å². The molecule has 1 N–H and O–H groups in total. The Labute approximate surface area is 179 Å². The minimum absolute atomic E-state index is 0.0617. The zero-order valence-corrected chi connectivity index (χ0v) is 17.7. The maximum Gasteiger partial charge on any atom is 0.269 e. The van der Waals surface area contributed by atoms with Crippen molar-refractivity contribution in [2.24, 2.45) is 0 Å². The van der Waals surface area contributed by atoms with Gasteiger partial charge in [0, 0.05) is 4.88 Å². The molecular weight excluding hydrogens is 394 g/mol. The summed E-state index contributed by atoms with van der Waals surface area (Å²) < 4.78 is 1.46. The first-order valence-electron chi connectivity index (χ1n) is 9.90. The van der Waals surface area contributed by atoms with Crippen molar-refractivity contribution in [3.63, 3.8) is 0 Å². The minimum Gasteiger partial charge on any atom is -0.343 e. The number of rotatable bonds is 6. The molecule has 5 nitrogen and oxygen atoms in total. The molecule has 2 aromatic heterocycles. The lowest BCUT2D eigenvalue weighted by molar-refractivity contribution is -0.122. The number of thiophene rings is 1. The molecular formula is C24H23N3O2S. The first kappa shape index (κ1) is 20.0. The van der Waals surface area contributed by atoms with E-state index >= 15 is 0 Å².